The first-order valence-corrected chi connectivity index (χ1v) is 4.16. The van der Waals surface area contributed by atoms with E-state index in [2.05, 4.69) is 9.98 Å². The lowest BCUT2D eigenvalue weighted by Crippen LogP contribution is -2.22. The molecule has 80 valence electrons. The Labute approximate surface area is 85.9 Å². The highest BCUT2D eigenvalue weighted by molar-refractivity contribution is 5.75. The van der Waals surface area contributed by atoms with E-state index in [-0.39, 0.29) is 0 Å². The van der Waals surface area contributed by atoms with Crippen molar-refractivity contribution in [3.05, 3.63) is 24.5 Å². The Kier molecular flexibility index (Phi) is 4.24. The molecular weight excluding hydrogens is 200 g/mol. The Morgan fingerprint density at radius 3 is 2.80 bits per heavy atom. The second-order valence-electron chi connectivity index (χ2n) is 2.59. The summed E-state index contributed by atoms with van der Waals surface area (Å²) in [6.45, 7) is -0.564. The summed E-state index contributed by atoms with van der Waals surface area (Å²) in [6, 6.07) is 2.01. The first-order chi connectivity index (χ1) is 7.24. The number of carbonyl (C=O) groups is 1. The van der Waals surface area contributed by atoms with Crippen LogP contribution in [0, 0.1) is 0 Å². The van der Waals surface area contributed by atoms with E-state index in [9.17, 15) is 4.79 Å². The lowest BCUT2D eigenvalue weighted by molar-refractivity contribution is -0.139. The number of hydrogen-bond donors (Lipinski definition) is 2. The third-order valence-corrected chi connectivity index (χ3v) is 1.54. The molecule has 0 amide bonds. The number of carboxylic acids is 1. The molecule has 6 nitrogen and oxygen atoms in total. The second-order valence-corrected chi connectivity index (χ2v) is 2.59. The van der Waals surface area contributed by atoms with Crippen molar-refractivity contribution in [2.45, 2.75) is 6.04 Å². The van der Waals surface area contributed by atoms with Crippen LogP contribution in [-0.2, 0) is 4.79 Å². The molecule has 0 aromatic carbocycles. The Bertz CT molecular complexity index is 339. The SMILES string of the molecule is O=C(O)[C@H](CO)N=COc1ccncc1. The smallest absolute Gasteiger partial charge is 0.330 e. The van der Waals surface area contributed by atoms with Crippen LogP contribution in [0.5, 0.6) is 5.75 Å². The number of carboxylic acid groups (broad SMARTS) is 1. The number of ether oxygens (including phenoxy) is 1. The van der Waals surface area contributed by atoms with Gasteiger partial charge >= 0.3 is 5.97 Å². The highest BCUT2D eigenvalue weighted by atomic mass is 16.5. The molecule has 1 aromatic rings. The van der Waals surface area contributed by atoms with Crippen molar-refractivity contribution < 1.29 is 19.7 Å². The van der Waals surface area contributed by atoms with Crippen LogP contribution < -0.4 is 4.74 Å². The zero-order chi connectivity index (χ0) is 11.1. The molecule has 1 heterocycles. The van der Waals surface area contributed by atoms with Crippen molar-refractivity contribution in [1.29, 1.82) is 0 Å². The second kappa shape index (κ2) is 5.71. The van der Waals surface area contributed by atoms with Gasteiger partial charge in [0.25, 0.3) is 0 Å². The van der Waals surface area contributed by atoms with Crippen molar-refractivity contribution in [2.75, 3.05) is 6.61 Å². The lowest BCUT2D eigenvalue weighted by atomic mass is 10.3. The van der Waals surface area contributed by atoms with Crippen LogP contribution in [0.25, 0.3) is 0 Å². The summed E-state index contributed by atoms with van der Waals surface area (Å²) in [5, 5.41) is 17.2. The maximum absolute atomic E-state index is 10.4. The monoisotopic (exact) mass is 210 g/mol. The first-order valence-electron chi connectivity index (χ1n) is 4.16. The number of aliphatic carboxylic acids is 1. The van der Waals surface area contributed by atoms with Crippen LogP contribution in [0.4, 0.5) is 0 Å². The summed E-state index contributed by atoms with van der Waals surface area (Å²) < 4.78 is 4.98. The van der Waals surface area contributed by atoms with E-state index in [0.717, 1.165) is 6.40 Å². The molecule has 0 aliphatic carbocycles. The van der Waals surface area contributed by atoms with Crippen molar-refractivity contribution in [3.8, 4) is 5.75 Å². The molecular formula is C9H10N2O4. The van der Waals surface area contributed by atoms with E-state index in [1.54, 1.807) is 12.1 Å². The highest BCUT2D eigenvalue weighted by Gasteiger charge is 2.12. The number of aliphatic imine (C=N–C) groups is 1. The van der Waals surface area contributed by atoms with Crippen molar-refractivity contribution in [1.82, 2.24) is 4.98 Å². The van der Waals surface area contributed by atoms with Gasteiger partial charge in [0.1, 0.15) is 5.75 Å². The van der Waals surface area contributed by atoms with E-state index in [4.69, 9.17) is 14.9 Å². The Morgan fingerprint density at radius 2 is 2.27 bits per heavy atom. The average molecular weight is 210 g/mol. The molecule has 0 radical (unpaired) electrons. The molecule has 0 spiro atoms. The number of aromatic nitrogens is 1. The number of nitrogens with zero attached hydrogens (tertiary/aromatic N) is 2. The minimum atomic E-state index is -1.20. The first kappa shape index (κ1) is 11.1. The molecule has 0 aliphatic heterocycles. The topological polar surface area (TPSA) is 92.0 Å². The molecule has 0 bridgehead atoms. The van der Waals surface area contributed by atoms with Crippen molar-refractivity contribution in [3.63, 3.8) is 0 Å². The Morgan fingerprint density at radius 1 is 1.60 bits per heavy atom. The van der Waals surface area contributed by atoms with Crippen LogP contribution in [-0.4, -0.2) is 40.2 Å². The number of aliphatic hydroxyl groups excluding tert-OH is 1. The van der Waals surface area contributed by atoms with Gasteiger partial charge in [-0.05, 0) is 12.1 Å². The maximum atomic E-state index is 10.4. The van der Waals surface area contributed by atoms with Gasteiger partial charge in [-0.25, -0.2) is 9.79 Å². The van der Waals surface area contributed by atoms with E-state index < -0.39 is 18.6 Å². The van der Waals surface area contributed by atoms with Crippen molar-refractivity contribution >= 4 is 12.4 Å². The maximum Gasteiger partial charge on any atom is 0.330 e. The quantitative estimate of drug-likeness (QED) is 0.524. The van der Waals surface area contributed by atoms with Gasteiger partial charge in [-0.1, -0.05) is 0 Å². The normalized spacial score (nSPS) is 12.6. The molecule has 15 heavy (non-hydrogen) atoms. The Hall–Kier alpha value is -1.95. The minimum Gasteiger partial charge on any atom is -0.480 e. The fourth-order valence-corrected chi connectivity index (χ4v) is 0.771. The number of aliphatic hydroxyl groups is 1. The number of rotatable bonds is 5. The number of hydrogen-bond acceptors (Lipinski definition) is 5. The molecule has 0 saturated carbocycles. The minimum absolute atomic E-state index is 0.496. The summed E-state index contributed by atoms with van der Waals surface area (Å²) in [6.07, 6.45) is 4.05. The standard InChI is InChI=1S/C9H10N2O4/c12-5-8(9(13)14)11-6-15-7-1-3-10-4-2-7/h1-4,6,8,12H,5H2,(H,13,14)/t8-/m0/s1. The molecule has 0 unspecified atom stereocenters. The summed E-state index contributed by atoms with van der Waals surface area (Å²) in [7, 11) is 0. The summed E-state index contributed by atoms with van der Waals surface area (Å²) in [4.78, 5) is 17.7. The van der Waals surface area contributed by atoms with Crippen molar-refractivity contribution in [2.24, 2.45) is 4.99 Å². The van der Waals surface area contributed by atoms with E-state index >= 15 is 0 Å². The van der Waals surface area contributed by atoms with Gasteiger partial charge in [-0.2, -0.15) is 0 Å². The molecule has 0 fully saturated rings. The average Bonchev–Trinajstić information content (AvgIpc) is 2.25. The van der Waals surface area contributed by atoms with Gasteiger partial charge in [-0.3, -0.25) is 4.98 Å². The molecule has 0 saturated heterocycles. The molecule has 1 atom stereocenters. The predicted octanol–water partition coefficient (Wildman–Crippen LogP) is -0.0658. The van der Waals surface area contributed by atoms with Gasteiger partial charge in [0, 0.05) is 12.4 Å². The zero-order valence-corrected chi connectivity index (χ0v) is 7.78. The molecule has 0 aliphatic rings. The zero-order valence-electron chi connectivity index (χ0n) is 7.78. The van der Waals surface area contributed by atoms with Gasteiger partial charge in [-0.15, -0.1) is 0 Å². The third kappa shape index (κ3) is 3.74. The summed E-state index contributed by atoms with van der Waals surface area (Å²) in [5.74, 6) is -0.706. The van der Waals surface area contributed by atoms with E-state index in [1.165, 1.54) is 12.4 Å². The van der Waals surface area contributed by atoms with Crippen LogP contribution in [0.15, 0.2) is 29.5 Å². The third-order valence-electron chi connectivity index (χ3n) is 1.54. The lowest BCUT2D eigenvalue weighted by Gasteiger charge is -2.02. The Balaban J connectivity index is 2.49. The van der Waals surface area contributed by atoms with Gasteiger partial charge in [0.15, 0.2) is 12.4 Å². The molecule has 1 rings (SSSR count). The summed E-state index contributed by atoms with van der Waals surface area (Å²) in [5.41, 5.74) is 0. The number of pyridine rings is 1. The predicted molar refractivity (Wildman–Crippen MR) is 51.9 cm³/mol. The van der Waals surface area contributed by atoms with Crippen LogP contribution in [0.2, 0.25) is 0 Å². The van der Waals surface area contributed by atoms with Crippen LogP contribution in [0.1, 0.15) is 0 Å². The van der Waals surface area contributed by atoms with Crippen LogP contribution in [0.3, 0.4) is 0 Å². The van der Waals surface area contributed by atoms with E-state index in [1.807, 2.05) is 0 Å². The van der Waals surface area contributed by atoms with E-state index in [0.29, 0.717) is 5.75 Å². The van der Waals surface area contributed by atoms with Gasteiger partial charge < -0.3 is 14.9 Å². The van der Waals surface area contributed by atoms with Gasteiger partial charge in [0.05, 0.1) is 6.61 Å². The largest absolute Gasteiger partial charge is 0.480 e. The van der Waals surface area contributed by atoms with Gasteiger partial charge in [0.2, 0.25) is 0 Å². The fourth-order valence-electron chi connectivity index (χ4n) is 0.771. The molecule has 2 N–H and O–H groups in total. The highest BCUT2D eigenvalue weighted by Crippen LogP contribution is 2.05. The molecule has 1 aromatic heterocycles. The summed E-state index contributed by atoms with van der Waals surface area (Å²) >= 11 is 0. The molecule has 6 heteroatoms. The fraction of sp³-hybridized carbons (Fsp3) is 0.222. The van der Waals surface area contributed by atoms with Crippen LogP contribution >= 0.6 is 0 Å².